The van der Waals surface area contributed by atoms with Crippen LogP contribution in [0.25, 0.3) is 22.2 Å². The number of nitriles is 1. The van der Waals surface area contributed by atoms with Gasteiger partial charge in [0, 0.05) is 22.5 Å². The molecule has 0 N–H and O–H groups in total. The van der Waals surface area contributed by atoms with Gasteiger partial charge in [0.25, 0.3) is 0 Å². The number of nitrogens with zero attached hydrogens (tertiary/aromatic N) is 2. The number of rotatable bonds is 2. The minimum Gasteiger partial charge on any atom is -0.340 e. The number of hydrogen-bond donors (Lipinski definition) is 0. The van der Waals surface area contributed by atoms with E-state index in [1.165, 1.54) is 0 Å². The smallest absolute Gasteiger partial charge is 0.102 e. The predicted molar refractivity (Wildman–Crippen MR) is 82.8 cm³/mol. The average Bonchev–Trinajstić information content (AvgIpc) is 2.81. The second-order valence-corrected chi connectivity index (χ2v) is 5.04. The van der Waals surface area contributed by atoms with Crippen LogP contribution in [0.2, 0.25) is 5.02 Å². The van der Waals surface area contributed by atoms with Crippen molar-refractivity contribution >= 4 is 22.5 Å². The van der Waals surface area contributed by atoms with Crippen LogP contribution < -0.4 is 0 Å². The third-order valence-electron chi connectivity index (χ3n) is 3.52. The Morgan fingerprint density at radius 1 is 1.10 bits per heavy atom. The third-order valence-corrected chi connectivity index (χ3v) is 3.77. The number of aryl methyl sites for hydroxylation is 1. The van der Waals surface area contributed by atoms with E-state index in [2.05, 4.69) is 23.6 Å². The Balaban J connectivity index is 2.39. The van der Waals surface area contributed by atoms with Gasteiger partial charge in [-0.25, -0.2) is 0 Å². The van der Waals surface area contributed by atoms with Gasteiger partial charge in [-0.15, -0.1) is 0 Å². The van der Waals surface area contributed by atoms with Gasteiger partial charge in [-0.2, -0.15) is 5.26 Å². The number of fused-ring (bicyclic) bond motifs is 1. The molecule has 3 aromatic rings. The lowest BCUT2D eigenvalue weighted by atomic mass is 10.1. The van der Waals surface area contributed by atoms with Crippen molar-refractivity contribution in [1.82, 2.24) is 4.57 Å². The lowest BCUT2D eigenvalue weighted by Crippen LogP contribution is -1.97. The molecular formula is C17H13ClN2. The van der Waals surface area contributed by atoms with Crippen molar-refractivity contribution in [3.63, 3.8) is 0 Å². The molecule has 3 rings (SSSR count). The molecule has 0 saturated carbocycles. The fraction of sp³-hybridized carbons (Fsp3) is 0.118. The monoisotopic (exact) mass is 280 g/mol. The van der Waals surface area contributed by atoms with Crippen LogP contribution in [0.4, 0.5) is 0 Å². The molecule has 0 aliphatic heterocycles. The molecule has 0 bridgehead atoms. The summed E-state index contributed by atoms with van der Waals surface area (Å²) in [5.74, 6) is 0. The van der Waals surface area contributed by atoms with Crippen LogP contribution in [0.1, 0.15) is 12.5 Å². The normalized spacial score (nSPS) is 10.7. The second kappa shape index (κ2) is 5.03. The van der Waals surface area contributed by atoms with Crippen molar-refractivity contribution in [2.45, 2.75) is 13.5 Å². The Morgan fingerprint density at radius 2 is 1.80 bits per heavy atom. The maximum absolute atomic E-state index is 9.55. The van der Waals surface area contributed by atoms with E-state index >= 15 is 0 Å². The Kier molecular flexibility index (Phi) is 3.22. The van der Waals surface area contributed by atoms with E-state index in [1.807, 2.05) is 42.5 Å². The molecule has 1 aromatic heterocycles. The molecule has 2 nitrogen and oxygen atoms in total. The Hall–Kier alpha value is -2.24. The van der Waals surface area contributed by atoms with Crippen molar-refractivity contribution in [2.75, 3.05) is 0 Å². The molecule has 20 heavy (non-hydrogen) atoms. The number of halogens is 1. The molecular weight excluding hydrogens is 268 g/mol. The van der Waals surface area contributed by atoms with E-state index in [0.717, 1.165) is 34.3 Å². The molecule has 0 amide bonds. The Morgan fingerprint density at radius 3 is 2.45 bits per heavy atom. The van der Waals surface area contributed by atoms with Gasteiger partial charge in [0.05, 0.1) is 11.3 Å². The minimum absolute atomic E-state index is 0.700. The standard InChI is InChI=1S/C17H13ClN2/c1-2-20-16-6-4-3-5-14(16)15(11-19)17(20)12-7-9-13(18)10-8-12/h3-10H,2H2,1H3. The summed E-state index contributed by atoms with van der Waals surface area (Å²) in [6.07, 6.45) is 0. The van der Waals surface area contributed by atoms with Gasteiger partial charge in [-0.1, -0.05) is 41.9 Å². The molecule has 0 radical (unpaired) electrons. The predicted octanol–water partition coefficient (Wildman–Crippen LogP) is 4.85. The van der Waals surface area contributed by atoms with Crippen molar-refractivity contribution < 1.29 is 0 Å². The van der Waals surface area contributed by atoms with E-state index in [-0.39, 0.29) is 0 Å². The summed E-state index contributed by atoms with van der Waals surface area (Å²) in [6.45, 7) is 2.91. The topological polar surface area (TPSA) is 28.7 Å². The summed E-state index contributed by atoms with van der Waals surface area (Å²) in [6, 6.07) is 18.0. The number of para-hydroxylation sites is 1. The minimum atomic E-state index is 0.700. The van der Waals surface area contributed by atoms with Crippen LogP contribution in [0, 0.1) is 11.3 Å². The van der Waals surface area contributed by atoms with E-state index in [9.17, 15) is 5.26 Å². The first-order chi connectivity index (χ1) is 9.76. The first-order valence-corrected chi connectivity index (χ1v) is 6.91. The van der Waals surface area contributed by atoms with Crippen molar-refractivity contribution in [3.8, 4) is 17.3 Å². The van der Waals surface area contributed by atoms with Crippen LogP contribution in [0.15, 0.2) is 48.5 Å². The van der Waals surface area contributed by atoms with Crippen molar-refractivity contribution in [3.05, 3.63) is 59.1 Å². The molecule has 2 aromatic carbocycles. The summed E-state index contributed by atoms with van der Waals surface area (Å²) in [4.78, 5) is 0. The molecule has 1 heterocycles. The van der Waals surface area contributed by atoms with E-state index in [4.69, 9.17) is 11.6 Å². The molecule has 3 heteroatoms. The highest BCUT2D eigenvalue weighted by Crippen LogP contribution is 2.33. The maximum atomic E-state index is 9.55. The molecule has 0 aliphatic carbocycles. The van der Waals surface area contributed by atoms with Gasteiger partial charge >= 0.3 is 0 Å². The lowest BCUT2D eigenvalue weighted by molar-refractivity contribution is 0.804. The summed E-state index contributed by atoms with van der Waals surface area (Å²) >= 11 is 5.95. The second-order valence-electron chi connectivity index (χ2n) is 4.60. The third kappa shape index (κ3) is 1.88. The maximum Gasteiger partial charge on any atom is 0.102 e. The van der Waals surface area contributed by atoms with Gasteiger partial charge < -0.3 is 4.57 Å². The highest BCUT2D eigenvalue weighted by Gasteiger charge is 2.17. The molecule has 0 unspecified atom stereocenters. The molecule has 0 aliphatic rings. The SMILES string of the molecule is CCn1c(-c2ccc(Cl)cc2)c(C#N)c2ccccc21. The zero-order valence-electron chi connectivity index (χ0n) is 11.1. The highest BCUT2D eigenvalue weighted by atomic mass is 35.5. The van der Waals surface area contributed by atoms with E-state index in [0.29, 0.717) is 5.02 Å². The van der Waals surface area contributed by atoms with Crippen molar-refractivity contribution in [1.29, 1.82) is 5.26 Å². The van der Waals surface area contributed by atoms with Gasteiger partial charge in [0.15, 0.2) is 0 Å². The van der Waals surface area contributed by atoms with Gasteiger partial charge in [0.1, 0.15) is 6.07 Å². The fourth-order valence-electron chi connectivity index (χ4n) is 2.65. The van der Waals surface area contributed by atoms with Gasteiger partial charge in [0.2, 0.25) is 0 Å². The van der Waals surface area contributed by atoms with Gasteiger partial charge in [-0.05, 0) is 30.7 Å². The molecule has 0 saturated heterocycles. The summed E-state index contributed by atoms with van der Waals surface area (Å²) in [7, 11) is 0. The number of benzene rings is 2. The average molecular weight is 281 g/mol. The highest BCUT2D eigenvalue weighted by molar-refractivity contribution is 6.30. The number of hydrogen-bond acceptors (Lipinski definition) is 1. The van der Waals surface area contributed by atoms with Crippen LogP contribution in [-0.2, 0) is 6.54 Å². The molecule has 0 atom stereocenters. The molecule has 98 valence electrons. The van der Waals surface area contributed by atoms with Crippen LogP contribution in [-0.4, -0.2) is 4.57 Å². The molecule has 0 spiro atoms. The summed E-state index contributed by atoms with van der Waals surface area (Å²) in [5, 5.41) is 11.3. The fourth-order valence-corrected chi connectivity index (χ4v) is 2.78. The Labute approximate surface area is 122 Å². The van der Waals surface area contributed by atoms with Crippen LogP contribution >= 0.6 is 11.6 Å². The van der Waals surface area contributed by atoms with Crippen molar-refractivity contribution in [2.24, 2.45) is 0 Å². The largest absolute Gasteiger partial charge is 0.340 e. The first-order valence-electron chi connectivity index (χ1n) is 6.53. The van der Waals surface area contributed by atoms with Crippen LogP contribution in [0.5, 0.6) is 0 Å². The zero-order valence-corrected chi connectivity index (χ0v) is 11.9. The van der Waals surface area contributed by atoms with E-state index < -0.39 is 0 Å². The lowest BCUT2D eigenvalue weighted by Gasteiger charge is -2.08. The first kappa shape index (κ1) is 12.8. The summed E-state index contributed by atoms with van der Waals surface area (Å²) < 4.78 is 2.18. The van der Waals surface area contributed by atoms with E-state index in [1.54, 1.807) is 0 Å². The zero-order chi connectivity index (χ0) is 14.1. The van der Waals surface area contributed by atoms with Gasteiger partial charge in [-0.3, -0.25) is 0 Å². The quantitative estimate of drug-likeness (QED) is 0.659. The number of aromatic nitrogens is 1. The van der Waals surface area contributed by atoms with Crippen LogP contribution in [0.3, 0.4) is 0 Å². The Bertz CT molecular complexity index is 807. The summed E-state index contributed by atoms with van der Waals surface area (Å²) in [5.41, 5.74) is 3.80. The molecule has 0 fully saturated rings.